The molecule has 31 heavy (non-hydrogen) atoms. The monoisotopic (exact) mass is 432 g/mol. The van der Waals surface area contributed by atoms with Gasteiger partial charge in [0, 0.05) is 12.3 Å². The molecule has 7 unspecified atom stereocenters. The third kappa shape index (κ3) is 2.80. The number of hydrogen-bond donors (Lipinski definition) is 3. The number of Topliss-reactive ketones (excluding diaryl/α,β-unsaturated/α-hetero) is 1. The fraction of sp³-hybridized carbons (Fsp3) is 0.760. The molecular formula is C25H36O6. The minimum absolute atomic E-state index is 0.0127. The first-order chi connectivity index (χ1) is 14.3. The van der Waals surface area contributed by atoms with Crippen LogP contribution in [-0.4, -0.2) is 51.5 Å². The molecule has 0 aromatic heterocycles. The van der Waals surface area contributed by atoms with E-state index in [0.717, 1.165) is 6.42 Å². The first kappa shape index (κ1) is 22.7. The van der Waals surface area contributed by atoms with Gasteiger partial charge in [-0.15, -0.1) is 0 Å². The first-order valence-electron chi connectivity index (χ1n) is 11.5. The summed E-state index contributed by atoms with van der Waals surface area (Å²) in [6.07, 6.45) is 1.71. The van der Waals surface area contributed by atoms with Crippen molar-refractivity contribution in [3.63, 3.8) is 0 Å². The van der Waals surface area contributed by atoms with Crippen molar-refractivity contribution in [1.29, 1.82) is 0 Å². The minimum Gasteiger partial charge on any atom is -0.455 e. The van der Waals surface area contributed by atoms with E-state index in [1.165, 1.54) is 0 Å². The van der Waals surface area contributed by atoms with Gasteiger partial charge in [-0.25, -0.2) is 0 Å². The summed E-state index contributed by atoms with van der Waals surface area (Å²) in [5, 5.41) is 33.7. The minimum atomic E-state index is -2.05. The van der Waals surface area contributed by atoms with Crippen molar-refractivity contribution >= 4 is 11.8 Å². The number of aliphatic hydroxyl groups excluding tert-OH is 2. The zero-order valence-corrected chi connectivity index (χ0v) is 19.4. The van der Waals surface area contributed by atoms with Crippen LogP contribution in [0.2, 0.25) is 0 Å². The highest BCUT2D eigenvalue weighted by molar-refractivity contribution is 5.95. The third-order valence-electron chi connectivity index (χ3n) is 8.72. The van der Waals surface area contributed by atoms with Crippen LogP contribution < -0.4 is 0 Å². The molecule has 0 amide bonds. The molecule has 172 valence electrons. The number of carbonyl (C=O) groups excluding carboxylic acids is 2. The zero-order valence-electron chi connectivity index (χ0n) is 19.4. The van der Waals surface area contributed by atoms with E-state index < -0.39 is 41.7 Å². The van der Waals surface area contributed by atoms with E-state index in [1.54, 1.807) is 19.1 Å². The molecular weight excluding hydrogens is 396 g/mol. The molecule has 4 aliphatic carbocycles. The van der Waals surface area contributed by atoms with Gasteiger partial charge in [-0.05, 0) is 53.6 Å². The summed E-state index contributed by atoms with van der Waals surface area (Å²) in [4.78, 5) is 26.7. The van der Waals surface area contributed by atoms with Gasteiger partial charge >= 0.3 is 5.97 Å². The van der Waals surface area contributed by atoms with Gasteiger partial charge in [-0.1, -0.05) is 46.8 Å². The lowest BCUT2D eigenvalue weighted by molar-refractivity contribution is -0.203. The molecule has 6 nitrogen and oxygen atoms in total. The van der Waals surface area contributed by atoms with Gasteiger partial charge in [-0.3, -0.25) is 9.59 Å². The second-order valence-corrected chi connectivity index (χ2v) is 11.3. The summed E-state index contributed by atoms with van der Waals surface area (Å²) in [6, 6.07) is 0. The number of ketones is 1. The number of allylic oxidation sites excluding steroid dienone is 1. The van der Waals surface area contributed by atoms with Crippen molar-refractivity contribution in [3.05, 3.63) is 23.3 Å². The van der Waals surface area contributed by atoms with Crippen LogP contribution in [-0.2, 0) is 14.3 Å². The van der Waals surface area contributed by atoms with Gasteiger partial charge in [0.25, 0.3) is 0 Å². The van der Waals surface area contributed by atoms with E-state index in [2.05, 4.69) is 13.8 Å². The standard InChI is InChI=1S/C25H36O6/c1-12(2)7-18(27)31-22-13(3)10-24-14(4)8-17-19(23(17,5)6)16(21(24)29)9-15(11-26)20(28)25(22,24)30/h9-10,12,14,16-17,19-20,22,26,28,30H,7-8,11H2,1-6H3/t14-,16?,17?,19?,20?,22?,24?,25?/m1/s1. The number of rotatable bonds is 4. The van der Waals surface area contributed by atoms with Gasteiger partial charge in [0.05, 0.1) is 12.0 Å². The van der Waals surface area contributed by atoms with Gasteiger partial charge in [-0.2, -0.15) is 0 Å². The van der Waals surface area contributed by atoms with Crippen LogP contribution in [0.25, 0.3) is 0 Å². The highest BCUT2D eigenvalue weighted by Gasteiger charge is 2.76. The van der Waals surface area contributed by atoms with Crippen molar-refractivity contribution in [2.45, 2.75) is 72.2 Å². The molecule has 0 radical (unpaired) electrons. The lowest BCUT2D eigenvalue weighted by Crippen LogP contribution is -2.65. The molecule has 0 aromatic rings. The Labute approximate surface area is 184 Å². The number of carbonyl (C=O) groups is 2. The SMILES string of the molecule is CC1=CC23C(=O)C(C=C(CO)C(O)C2(O)C1OC(=O)CC(C)C)C1C(C[C@H]3C)C1(C)C. The third-order valence-corrected chi connectivity index (χ3v) is 8.72. The Hall–Kier alpha value is -1.50. The molecule has 4 aliphatic rings. The normalized spacial score (nSPS) is 45.2. The number of aliphatic hydroxyl groups is 3. The maximum absolute atomic E-state index is 14.2. The summed E-state index contributed by atoms with van der Waals surface area (Å²) in [5.74, 6) is -0.856. The summed E-state index contributed by atoms with van der Waals surface area (Å²) in [6.45, 7) is 11.3. The number of esters is 1. The molecule has 0 heterocycles. The molecule has 4 rings (SSSR count). The Morgan fingerprint density at radius 3 is 2.55 bits per heavy atom. The second kappa shape index (κ2) is 7.00. The van der Waals surface area contributed by atoms with Gasteiger partial charge in [0.1, 0.15) is 6.10 Å². The summed E-state index contributed by atoms with van der Waals surface area (Å²) < 4.78 is 5.75. The molecule has 0 aromatic carbocycles. The van der Waals surface area contributed by atoms with Crippen LogP contribution in [0.5, 0.6) is 0 Å². The Kier molecular flexibility index (Phi) is 5.12. The Bertz CT molecular complexity index is 869. The predicted molar refractivity (Wildman–Crippen MR) is 115 cm³/mol. The second-order valence-electron chi connectivity index (χ2n) is 11.3. The largest absolute Gasteiger partial charge is 0.455 e. The quantitative estimate of drug-likeness (QED) is 0.466. The smallest absolute Gasteiger partial charge is 0.306 e. The average Bonchev–Trinajstić information content (AvgIpc) is 3.16. The van der Waals surface area contributed by atoms with Crippen molar-refractivity contribution < 1.29 is 29.6 Å². The fourth-order valence-corrected chi connectivity index (χ4v) is 7.11. The molecule has 2 saturated carbocycles. The van der Waals surface area contributed by atoms with Crippen LogP contribution in [0.4, 0.5) is 0 Å². The highest BCUT2D eigenvalue weighted by atomic mass is 16.6. The van der Waals surface area contributed by atoms with Crippen LogP contribution in [0.15, 0.2) is 23.3 Å². The van der Waals surface area contributed by atoms with E-state index >= 15 is 0 Å². The molecule has 2 bridgehead atoms. The van der Waals surface area contributed by atoms with E-state index in [4.69, 9.17) is 4.74 Å². The van der Waals surface area contributed by atoms with Crippen molar-refractivity contribution in [2.24, 2.45) is 40.4 Å². The van der Waals surface area contributed by atoms with Gasteiger partial charge < -0.3 is 20.1 Å². The summed E-state index contributed by atoms with van der Waals surface area (Å²) in [5.41, 5.74) is -2.63. The van der Waals surface area contributed by atoms with E-state index in [9.17, 15) is 24.9 Å². The fourth-order valence-electron chi connectivity index (χ4n) is 7.11. The van der Waals surface area contributed by atoms with Gasteiger partial charge in [0.15, 0.2) is 17.5 Å². The molecule has 0 aliphatic heterocycles. The number of hydrogen-bond acceptors (Lipinski definition) is 6. The average molecular weight is 433 g/mol. The molecule has 8 atom stereocenters. The Morgan fingerprint density at radius 2 is 1.97 bits per heavy atom. The summed E-state index contributed by atoms with van der Waals surface area (Å²) in [7, 11) is 0. The molecule has 2 fully saturated rings. The topological polar surface area (TPSA) is 104 Å². The highest BCUT2D eigenvalue weighted by Crippen LogP contribution is 2.71. The van der Waals surface area contributed by atoms with E-state index in [0.29, 0.717) is 11.5 Å². The van der Waals surface area contributed by atoms with Crippen molar-refractivity contribution in [3.8, 4) is 0 Å². The Morgan fingerprint density at radius 1 is 1.32 bits per heavy atom. The van der Waals surface area contributed by atoms with Crippen LogP contribution >= 0.6 is 0 Å². The van der Waals surface area contributed by atoms with Crippen LogP contribution in [0.3, 0.4) is 0 Å². The van der Waals surface area contributed by atoms with Crippen molar-refractivity contribution in [2.75, 3.05) is 6.61 Å². The number of fused-ring (bicyclic) bond motifs is 3. The maximum Gasteiger partial charge on any atom is 0.306 e. The maximum atomic E-state index is 14.2. The van der Waals surface area contributed by atoms with Crippen LogP contribution in [0.1, 0.15) is 54.4 Å². The summed E-state index contributed by atoms with van der Waals surface area (Å²) >= 11 is 0. The molecule has 1 spiro atoms. The zero-order chi connectivity index (χ0) is 23.1. The number of ether oxygens (including phenoxy) is 1. The van der Waals surface area contributed by atoms with E-state index in [1.807, 2.05) is 20.8 Å². The van der Waals surface area contributed by atoms with Crippen LogP contribution in [0, 0.1) is 40.4 Å². The molecule has 3 N–H and O–H groups in total. The van der Waals surface area contributed by atoms with E-state index in [-0.39, 0.29) is 40.9 Å². The van der Waals surface area contributed by atoms with Crippen molar-refractivity contribution in [1.82, 2.24) is 0 Å². The van der Waals surface area contributed by atoms with Gasteiger partial charge in [0.2, 0.25) is 0 Å². The molecule has 0 saturated heterocycles. The predicted octanol–water partition coefficient (Wildman–Crippen LogP) is 2.41. The Balaban J connectivity index is 1.87. The molecule has 6 heteroatoms. The lowest BCUT2D eigenvalue weighted by Gasteiger charge is -2.48. The first-order valence-corrected chi connectivity index (χ1v) is 11.5. The lowest BCUT2D eigenvalue weighted by atomic mass is 9.59.